The van der Waals surface area contributed by atoms with Gasteiger partial charge in [0.15, 0.2) is 28.8 Å². The lowest BCUT2D eigenvalue weighted by Gasteiger charge is -2.26. The topological polar surface area (TPSA) is 156 Å². The summed E-state index contributed by atoms with van der Waals surface area (Å²) in [6.07, 6.45) is -0.128. The minimum Gasteiger partial charge on any atom is -0.507 e. The minimum atomic E-state index is -0.934. The van der Waals surface area contributed by atoms with E-state index in [0.717, 1.165) is 17.7 Å². The van der Waals surface area contributed by atoms with Crippen molar-refractivity contribution in [1.29, 1.82) is 0 Å². The summed E-state index contributed by atoms with van der Waals surface area (Å²) >= 11 is 0. The quantitative estimate of drug-likeness (QED) is 0.120. The molecule has 0 spiro atoms. The first-order chi connectivity index (χ1) is 20.2. The number of esters is 1. The van der Waals surface area contributed by atoms with Crippen molar-refractivity contribution < 1.29 is 43.8 Å². The van der Waals surface area contributed by atoms with Crippen LogP contribution in [0, 0.1) is 0 Å². The predicted molar refractivity (Wildman–Crippen MR) is 150 cm³/mol. The van der Waals surface area contributed by atoms with Crippen LogP contribution in [-0.2, 0) is 11.4 Å². The molecule has 5 aromatic rings. The van der Waals surface area contributed by atoms with Crippen molar-refractivity contribution in [2.24, 2.45) is 0 Å². The number of rotatable bonds is 6. The molecule has 1 atom stereocenters. The van der Waals surface area contributed by atoms with E-state index < -0.39 is 40.3 Å². The highest BCUT2D eigenvalue weighted by Gasteiger charge is 2.35. The third kappa shape index (κ3) is 4.58. The van der Waals surface area contributed by atoms with Gasteiger partial charge in [-0.25, -0.2) is 0 Å². The molecule has 1 aromatic heterocycles. The number of ether oxygens (including phenoxy) is 3. The molecule has 10 nitrogen and oxygen atoms in total. The highest BCUT2D eigenvalue weighted by atomic mass is 16.5. The van der Waals surface area contributed by atoms with E-state index >= 15 is 0 Å². The summed E-state index contributed by atoms with van der Waals surface area (Å²) < 4.78 is 23.1. The molecule has 0 radical (unpaired) electrons. The first-order valence-electron chi connectivity index (χ1n) is 12.9. The van der Waals surface area contributed by atoms with Gasteiger partial charge in [0.05, 0.1) is 13.5 Å². The monoisotopic (exact) mass is 568 g/mol. The Morgan fingerprint density at radius 2 is 1.64 bits per heavy atom. The van der Waals surface area contributed by atoms with Gasteiger partial charge in [-0.05, 0) is 41.5 Å². The molecule has 212 valence electrons. The van der Waals surface area contributed by atoms with Crippen molar-refractivity contribution in [1.82, 2.24) is 0 Å². The third-order valence-corrected chi connectivity index (χ3v) is 7.13. The average molecular weight is 569 g/mol. The molecule has 2 heterocycles. The number of fused-ring (bicyclic) bond motifs is 3. The molecule has 4 aromatic carbocycles. The Labute approximate surface area is 238 Å². The van der Waals surface area contributed by atoms with Gasteiger partial charge < -0.3 is 39.1 Å². The van der Waals surface area contributed by atoms with E-state index in [9.17, 15) is 30.0 Å². The van der Waals surface area contributed by atoms with Gasteiger partial charge in [0.2, 0.25) is 11.2 Å². The zero-order valence-electron chi connectivity index (χ0n) is 22.2. The van der Waals surface area contributed by atoms with Crippen LogP contribution in [0.2, 0.25) is 0 Å². The molecule has 0 saturated heterocycles. The average Bonchev–Trinajstić information content (AvgIpc) is 2.98. The van der Waals surface area contributed by atoms with Gasteiger partial charge in [-0.3, -0.25) is 9.59 Å². The highest BCUT2D eigenvalue weighted by Crippen LogP contribution is 2.48. The number of carbonyl (C=O) groups is 1. The molecule has 0 amide bonds. The molecule has 6 rings (SSSR count). The second kappa shape index (κ2) is 10.4. The number of hydrogen-bond acceptors (Lipinski definition) is 10. The number of methoxy groups -OCH3 is 1. The van der Waals surface area contributed by atoms with Gasteiger partial charge in [-0.2, -0.15) is 0 Å². The molecular weight excluding hydrogens is 544 g/mol. The lowest BCUT2D eigenvalue weighted by atomic mass is 9.85. The Morgan fingerprint density at radius 3 is 2.38 bits per heavy atom. The smallest absolute Gasteiger partial charge is 0.312 e. The Balaban J connectivity index is 1.53. The third-order valence-electron chi connectivity index (χ3n) is 7.13. The van der Waals surface area contributed by atoms with Crippen molar-refractivity contribution in [3.63, 3.8) is 0 Å². The molecule has 10 heteroatoms. The summed E-state index contributed by atoms with van der Waals surface area (Å²) in [5, 5.41) is 40.9. The number of aromatic hydroxyl groups is 4. The Bertz CT molecular complexity index is 1910. The molecule has 0 bridgehead atoms. The zero-order valence-corrected chi connectivity index (χ0v) is 22.2. The van der Waals surface area contributed by atoms with Crippen molar-refractivity contribution in [2.75, 3.05) is 7.11 Å². The fourth-order valence-electron chi connectivity index (χ4n) is 5.08. The summed E-state index contributed by atoms with van der Waals surface area (Å²) in [5.41, 5.74) is 0.884. The van der Waals surface area contributed by atoms with Crippen LogP contribution >= 0.6 is 0 Å². The van der Waals surface area contributed by atoms with E-state index in [0.29, 0.717) is 22.6 Å². The minimum absolute atomic E-state index is 0.0165. The predicted octanol–water partition coefficient (Wildman–Crippen LogP) is 5.31. The van der Waals surface area contributed by atoms with Crippen LogP contribution in [-0.4, -0.2) is 33.5 Å². The SMILES string of the molecule is COc1ccc([C@H]2CC(=O)Oc3cc(O)c4c(=O)c(O)c(-c5ccc(O)c(O)c5)oc4c32)cc1OCc1ccccc1. The zero-order chi connectivity index (χ0) is 29.5. The van der Waals surface area contributed by atoms with Gasteiger partial charge >= 0.3 is 5.97 Å². The van der Waals surface area contributed by atoms with Crippen LogP contribution in [0.5, 0.6) is 40.2 Å². The van der Waals surface area contributed by atoms with E-state index in [1.54, 1.807) is 18.2 Å². The summed E-state index contributed by atoms with van der Waals surface area (Å²) in [7, 11) is 1.51. The molecule has 4 N–H and O–H groups in total. The van der Waals surface area contributed by atoms with Gasteiger partial charge in [-0.15, -0.1) is 0 Å². The second-order valence-electron chi connectivity index (χ2n) is 9.74. The molecule has 0 fully saturated rings. The molecule has 0 unspecified atom stereocenters. The Morgan fingerprint density at radius 1 is 0.857 bits per heavy atom. The maximum Gasteiger partial charge on any atom is 0.312 e. The molecule has 1 aliphatic rings. The van der Waals surface area contributed by atoms with E-state index in [1.165, 1.54) is 19.2 Å². The number of phenolic OH excluding ortho intramolecular Hbond substituents is 3. The standard InChI is InChI=1S/C32H24O10/c1-39-23-10-8-17(12-24(23)40-15-16-5-3-2-4-6-16)19-13-26(36)41-25-14-22(35)28-29(37)30(38)31(42-32(28)27(19)25)18-7-9-20(33)21(34)11-18/h2-12,14,19,33-35,38H,13,15H2,1H3/t19-/m1/s1. The lowest BCUT2D eigenvalue weighted by molar-refractivity contribution is -0.135. The first-order valence-corrected chi connectivity index (χ1v) is 12.9. The van der Waals surface area contributed by atoms with Crippen LogP contribution in [0.1, 0.15) is 29.0 Å². The van der Waals surface area contributed by atoms with Crippen molar-refractivity contribution in [3.05, 3.63) is 99.7 Å². The van der Waals surface area contributed by atoms with E-state index in [-0.39, 0.29) is 41.1 Å². The maximum atomic E-state index is 13.3. The highest BCUT2D eigenvalue weighted by molar-refractivity contribution is 5.94. The molecule has 0 saturated carbocycles. The summed E-state index contributed by atoms with van der Waals surface area (Å²) in [5.74, 6) is -2.99. The lowest BCUT2D eigenvalue weighted by Crippen LogP contribution is -2.22. The summed E-state index contributed by atoms with van der Waals surface area (Å²) in [6, 6.07) is 19.5. The van der Waals surface area contributed by atoms with Crippen molar-refractivity contribution >= 4 is 16.9 Å². The van der Waals surface area contributed by atoms with E-state index in [2.05, 4.69) is 0 Å². The van der Waals surface area contributed by atoms with E-state index in [1.807, 2.05) is 30.3 Å². The summed E-state index contributed by atoms with van der Waals surface area (Å²) in [6.45, 7) is 0.262. The Kier molecular flexibility index (Phi) is 6.58. The van der Waals surface area contributed by atoms with Crippen LogP contribution in [0.25, 0.3) is 22.3 Å². The number of phenols is 3. The van der Waals surface area contributed by atoms with E-state index in [4.69, 9.17) is 18.6 Å². The van der Waals surface area contributed by atoms with Crippen LogP contribution in [0.3, 0.4) is 0 Å². The van der Waals surface area contributed by atoms with Gasteiger partial charge in [0.25, 0.3) is 0 Å². The first kappa shape index (κ1) is 26.6. The normalized spacial score (nSPS) is 14.3. The molecule has 0 aliphatic carbocycles. The summed E-state index contributed by atoms with van der Waals surface area (Å²) in [4.78, 5) is 26.0. The van der Waals surface area contributed by atoms with Crippen LogP contribution in [0.4, 0.5) is 0 Å². The largest absolute Gasteiger partial charge is 0.507 e. The van der Waals surface area contributed by atoms with Gasteiger partial charge in [-0.1, -0.05) is 36.4 Å². The van der Waals surface area contributed by atoms with Crippen LogP contribution in [0.15, 0.2) is 82.0 Å². The fraction of sp³-hybridized carbons (Fsp3) is 0.125. The van der Waals surface area contributed by atoms with Crippen molar-refractivity contribution in [3.8, 4) is 51.6 Å². The molecule has 1 aliphatic heterocycles. The van der Waals surface area contributed by atoms with Crippen LogP contribution < -0.4 is 19.6 Å². The number of carbonyl (C=O) groups excluding carboxylic acids is 1. The van der Waals surface area contributed by atoms with Crippen molar-refractivity contribution in [2.45, 2.75) is 18.9 Å². The Hall–Kier alpha value is -5.64. The fourth-order valence-corrected chi connectivity index (χ4v) is 5.08. The molecular formula is C32H24O10. The number of benzene rings is 4. The second-order valence-corrected chi connectivity index (χ2v) is 9.74. The van der Waals surface area contributed by atoms with Gasteiger partial charge in [0, 0.05) is 23.1 Å². The molecule has 42 heavy (non-hydrogen) atoms. The number of hydrogen-bond donors (Lipinski definition) is 4. The van der Waals surface area contributed by atoms with Gasteiger partial charge in [0.1, 0.15) is 29.1 Å². The maximum absolute atomic E-state index is 13.3.